The highest BCUT2D eigenvalue weighted by molar-refractivity contribution is 7.26. The number of rotatable bonds is 7. The molecule has 322 valence electrons. The Morgan fingerprint density at radius 3 is 1.65 bits per heavy atom. The molecule has 9 aromatic carbocycles. The summed E-state index contributed by atoms with van der Waals surface area (Å²) >= 11 is 1.85. The van der Waals surface area contributed by atoms with E-state index in [4.69, 9.17) is 24.9 Å². The van der Waals surface area contributed by atoms with E-state index in [9.17, 15) is 0 Å². The molecule has 0 aliphatic heterocycles. The Labute approximate surface area is 399 Å². The zero-order valence-corrected chi connectivity index (χ0v) is 37.7. The maximum Gasteiger partial charge on any atom is 0.238 e. The van der Waals surface area contributed by atoms with Crippen molar-refractivity contribution in [1.29, 1.82) is 0 Å². The Balaban J connectivity index is 0.999. The van der Waals surface area contributed by atoms with Crippen LogP contribution in [0.4, 0.5) is 0 Å². The second-order valence-electron chi connectivity index (χ2n) is 17.2. The molecule has 0 atom stereocenters. The molecule has 0 spiro atoms. The molecule has 0 aliphatic rings. The van der Waals surface area contributed by atoms with E-state index in [2.05, 4.69) is 173 Å². The largest absolute Gasteiger partial charge is 0.306 e. The predicted molar refractivity (Wildman–Crippen MR) is 284 cm³/mol. The summed E-state index contributed by atoms with van der Waals surface area (Å²) < 4.78 is 7.04. The summed E-state index contributed by atoms with van der Waals surface area (Å²) in [4.78, 5) is 26.5. The number of nitrogens with zero attached hydrogens (tertiary/aromatic N) is 7. The molecule has 0 saturated heterocycles. The van der Waals surface area contributed by atoms with Gasteiger partial charge in [-0.05, 0) is 65.7 Å². The minimum atomic E-state index is 0.543. The standard InChI is InChI=1S/C61H37N7S/c1-4-18-38(19-5-1)58-64-59(39-20-6-2-7-21-39)66-61(65-58)68-50-31-13-10-26-45(50)49-37-42(34-35-52(49)68)60-62-54(56-55(63-60)48-28-11-14-32-51(48)67(56)43-24-8-3-9-25-43)41-23-16-22-40(36-41)44-29-17-30-47-46-27-12-15-33-53(46)69-57(44)47/h1-37H. The van der Waals surface area contributed by atoms with Crippen LogP contribution in [0, 0.1) is 0 Å². The average Bonchev–Trinajstić information content (AvgIpc) is 4.09. The van der Waals surface area contributed by atoms with Crippen molar-refractivity contribution in [2.75, 3.05) is 0 Å². The van der Waals surface area contributed by atoms with E-state index < -0.39 is 0 Å². The molecule has 0 radical (unpaired) electrons. The van der Waals surface area contributed by atoms with E-state index in [-0.39, 0.29) is 0 Å². The zero-order valence-electron chi connectivity index (χ0n) is 36.9. The van der Waals surface area contributed by atoms with Crippen LogP contribution >= 0.6 is 11.3 Å². The van der Waals surface area contributed by atoms with Crippen molar-refractivity contribution in [2.24, 2.45) is 0 Å². The lowest BCUT2D eigenvalue weighted by Gasteiger charge is -2.13. The van der Waals surface area contributed by atoms with Gasteiger partial charge in [-0.25, -0.2) is 15.0 Å². The van der Waals surface area contributed by atoms with Crippen LogP contribution in [0.5, 0.6) is 0 Å². The fourth-order valence-corrected chi connectivity index (χ4v) is 11.3. The number of hydrogen-bond acceptors (Lipinski definition) is 6. The van der Waals surface area contributed by atoms with Crippen LogP contribution in [-0.4, -0.2) is 34.1 Å². The minimum absolute atomic E-state index is 0.543. The molecule has 0 aliphatic carbocycles. The average molecular weight is 900 g/mol. The summed E-state index contributed by atoms with van der Waals surface area (Å²) in [5, 5.41) is 5.73. The Bertz CT molecular complexity index is 4250. The van der Waals surface area contributed by atoms with Gasteiger partial charge in [-0.2, -0.15) is 9.97 Å². The van der Waals surface area contributed by atoms with E-state index in [1.807, 2.05) is 72.0 Å². The fraction of sp³-hybridized carbons (Fsp3) is 0. The molecule has 5 heterocycles. The molecule has 0 fully saturated rings. The molecule has 0 unspecified atom stereocenters. The molecule has 8 heteroatoms. The number of fused-ring (bicyclic) bond motifs is 9. The van der Waals surface area contributed by atoms with E-state index in [1.54, 1.807) is 0 Å². The van der Waals surface area contributed by atoms with Crippen LogP contribution in [0.3, 0.4) is 0 Å². The Morgan fingerprint density at radius 1 is 0.333 bits per heavy atom. The van der Waals surface area contributed by atoms with E-state index in [0.717, 1.165) is 82.9 Å². The summed E-state index contributed by atoms with van der Waals surface area (Å²) in [7, 11) is 0. The highest BCUT2D eigenvalue weighted by Gasteiger charge is 2.24. The second kappa shape index (κ2) is 15.8. The van der Waals surface area contributed by atoms with Crippen LogP contribution in [0.1, 0.15) is 0 Å². The first kappa shape index (κ1) is 39.1. The van der Waals surface area contributed by atoms with Gasteiger partial charge in [0.2, 0.25) is 5.95 Å². The van der Waals surface area contributed by atoms with Gasteiger partial charge in [0.25, 0.3) is 0 Å². The lowest BCUT2D eigenvalue weighted by atomic mass is 9.99. The number of hydrogen-bond donors (Lipinski definition) is 0. The van der Waals surface area contributed by atoms with Gasteiger partial charge in [-0.3, -0.25) is 4.57 Å². The van der Waals surface area contributed by atoms with Gasteiger partial charge in [0, 0.05) is 64.3 Å². The first-order valence-electron chi connectivity index (χ1n) is 23.0. The molecule has 14 aromatic rings. The van der Waals surface area contributed by atoms with Crippen molar-refractivity contribution in [3.05, 3.63) is 224 Å². The van der Waals surface area contributed by atoms with Crippen molar-refractivity contribution >= 4 is 75.3 Å². The van der Waals surface area contributed by atoms with Crippen molar-refractivity contribution in [3.63, 3.8) is 0 Å². The van der Waals surface area contributed by atoms with Crippen LogP contribution in [-0.2, 0) is 0 Å². The molecule has 0 bridgehead atoms. The van der Waals surface area contributed by atoms with Gasteiger partial charge in [-0.15, -0.1) is 11.3 Å². The normalized spacial score (nSPS) is 11.8. The Morgan fingerprint density at radius 2 is 0.899 bits per heavy atom. The third-order valence-corrected chi connectivity index (χ3v) is 14.4. The van der Waals surface area contributed by atoms with Crippen LogP contribution in [0.2, 0.25) is 0 Å². The summed E-state index contributed by atoms with van der Waals surface area (Å²) in [6.45, 7) is 0. The second-order valence-corrected chi connectivity index (χ2v) is 18.3. The Kier molecular flexibility index (Phi) is 8.93. The van der Waals surface area contributed by atoms with Crippen LogP contribution in [0.25, 0.3) is 132 Å². The van der Waals surface area contributed by atoms with Crippen molar-refractivity contribution in [1.82, 2.24) is 34.1 Å². The van der Waals surface area contributed by atoms with Crippen molar-refractivity contribution < 1.29 is 0 Å². The van der Waals surface area contributed by atoms with E-state index in [1.165, 1.54) is 25.7 Å². The lowest BCUT2D eigenvalue weighted by Crippen LogP contribution is -2.06. The molecule has 69 heavy (non-hydrogen) atoms. The van der Waals surface area contributed by atoms with Gasteiger partial charge >= 0.3 is 0 Å². The molecular weight excluding hydrogens is 863 g/mol. The number of benzene rings is 9. The monoisotopic (exact) mass is 899 g/mol. The highest BCUT2D eigenvalue weighted by atomic mass is 32.1. The highest BCUT2D eigenvalue weighted by Crippen LogP contribution is 2.43. The maximum absolute atomic E-state index is 5.63. The fourth-order valence-electron chi connectivity index (χ4n) is 10.1. The maximum atomic E-state index is 5.63. The smallest absolute Gasteiger partial charge is 0.238 e. The van der Waals surface area contributed by atoms with Gasteiger partial charge < -0.3 is 4.57 Å². The molecule has 0 saturated carbocycles. The zero-order chi connectivity index (χ0) is 45.4. The topological polar surface area (TPSA) is 74.3 Å². The molecule has 7 nitrogen and oxygen atoms in total. The van der Waals surface area contributed by atoms with Gasteiger partial charge in [0.05, 0.1) is 27.8 Å². The number of aromatic nitrogens is 7. The SMILES string of the molecule is c1ccc(-c2nc(-c3ccccc3)nc(-n3c4ccccc4c4cc(-c5nc(-c6cccc(-c7cccc8c7sc7ccccc78)c6)c6c(n5)c5ccccc5n6-c5ccccc5)ccc43)n2)cc1. The molecule has 14 rings (SSSR count). The third-order valence-electron chi connectivity index (χ3n) is 13.2. The van der Waals surface area contributed by atoms with Crippen LogP contribution in [0.15, 0.2) is 224 Å². The van der Waals surface area contributed by atoms with Gasteiger partial charge in [0.1, 0.15) is 5.52 Å². The summed E-state index contributed by atoms with van der Waals surface area (Å²) in [6.07, 6.45) is 0. The quantitative estimate of drug-likeness (QED) is 0.159. The van der Waals surface area contributed by atoms with Gasteiger partial charge in [-0.1, -0.05) is 170 Å². The summed E-state index contributed by atoms with van der Waals surface area (Å²) in [5.41, 5.74) is 12.9. The first-order chi connectivity index (χ1) is 34.2. The predicted octanol–water partition coefficient (Wildman–Crippen LogP) is 15.6. The number of thiophene rings is 1. The third kappa shape index (κ3) is 6.38. The first-order valence-corrected chi connectivity index (χ1v) is 23.8. The molecule has 5 aromatic heterocycles. The lowest BCUT2D eigenvalue weighted by molar-refractivity contribution is 0.953. The van der Waals surface area contributed by atoms with Crippen molar-refractivity contribution in [3.8, 4) is 68.2 Å². The molecule has 0 N–H and O–H groups in total. The van der Waals surface area contributed by atoms with Crippen molar-refractivity contribution in [2.45, 2.75) is 0 Å². The minimum Gasteiger partial charge on any atom is -0.306 e. The molecular formula is C61H37N7S. The molecule has 0 amide bonds. The van der Waals surface area contributed by atoms with Crippen LogP contribution < -0.4 is 0 Å². The summed E-state index contributed by atoms with van der Waals surface area (Å²) in [6, 6.07) is 78.5. The number of para-hydroxylation sites is 3. The van der Waals surface area contributed by atoms with E-state index in [0.29, 0.717) is 23.4 Å². The van der Waals surface area contributed by atoms with E-state index >= 15 is 0 Å². The summed E-state index contributed by atoms with van der Waals surface area (Å²) in [5.74, 6) is 2.40. The van der Waals surface area contributed by atoms with Gasteiger partial charge in [0.15, 0.2) is 17.5 Å². The Hall–Kier alpha value is -9.11.